The van der Waals surface area contributed by atoms with Crippen LogP contribution < -0.4 is 0 Å². The Hall–Kier alpha value is -5.71. The molecule has 1 nitrogen and oxygen atoms in total. The van der Waals surface area contributed by atoms with Crippen LogP contribution in [0.3, 0.4) is 0 Å². The molecule has 0 spiro atoms. The van der Waals surface area contributed by atoms with Gasteiger partial charge in [-0.15, -0.1) is 0 Å². The van der Waals surface area contributed by atoms with Crippen LogP contribution >= 0.6 is 0 Å². The smallest absolute Gasteiger partial charge is 0.100 e. The quantitative estimate of drug-likeness (QED) is 0.181. The molecule has 51 heavy (non-hydrogen) atoms. The Bertz CT molecular complexity index is 2270. The molecule has 0 heterocycles. The molecular formula is C50H43N. The lowest BCUT2D eigenvalue weighted by Gasteiger charge is -2.32. The van der Waals surface area contributed by atoms with Gasteiger partial charge in [0, 0.05) is 5.92 Å². The predicted molar refractivity (Wildman–Crippen MR) is 213 cm³/mol. The molecular weight excluding hydrogens is 615 g/mol. The molecule has 6 aromatic carbocycles. The second kappa shape index (κ2) is 14.3. The van der Waals surface area contributed by atoms with Gasteiger partial charge in [-0.25, -0.2) is 0 Å². The van der Waals surface area contributed by atoms with Crippen molar-refractivity contribution in [2.24, 2.45) is 5.92 Å². The van der Waals surface area contributed by atoms with Gasteiger partial charge in [-0.3, -0.25) is 0 Å². The second-order valence-corrected chi connectivity index (χ2v) is 14.3. The predicted octanol–water partition coefficient (Wildman–Crippen LogP) is 13.1. The Morgan fingerprint density at radius 2 is 1.12 bits per heavy atom. The number of nitrogens with zero attached hydrogens (tertiary/aromatic N) is 1. The molecule has 8 rings (SSSR count). The molecule has 0 aromatic heterocycles. The maximum Gasteiger partial charge on any atom is 0.100 e. The van der Waals surface area contributed by atoms with Gasteiger partial charge in [0.2, 0.25) is 0 Å². The third-order valence-electron chi connectivity index (χ3n) is 11.4. The number of nitriles is 1. The van der Waals surface area contributed by atoms with E-state index in [4.69, 9.17) is 0 Å². The van der Waals surface area contributed by atoms with Crippen molar-refractivity contribution in [1.29, 1.82) is 5.26 Å². The van der Waals surface area contributed by atoms with E-state index in [0.717, 1.165) is 53.5 Å². The largest absolute Gasteiger partial charge is 0.192 e. The zero-order chi connectivity index (χ0) is 34.7. The van der Waals surface area contributed by atoms with Crippen molar-refractivity contribution in [3.63, 3.8) is 0 Å². The molecule has 0 bridgehead atoms. The molecule has 248 valence electrons. The molecule has 0 saturated carbocycles. The molecule has 3 unspecified atom stereocenters. The third-order valence-corrected chi connectivity index (χ3v) is 11.4. The molecule has 3 atom stereocenters. The summed E-state index contributed by atoms with van der Waals surface area (Å²) in [4.78, 5) is 0. The summed E-state index contributed by atoms with van der Waals surface area (Å²) in [6.07, 6.45) is 4.17. The molecule has 0 saturated heterocycles. The van der Waals surface area contributed by atoms with Gasteiger partial charge < -0.3 is 0 Å². The van der Waals surface area contributed by atoms with Crippen LogP contribution in [0.4, 0.5) is 0 Å². The molecule has 0 radical (unpaired) electrons. The Morgan fingerprint density at radius 3 is 1.82 bits per heavy atom. The van der Waals surface area contributed by atoms with E-state index in [1.807, 2.05) is 6.07 Å². The molecule has 6 aromatic rings. The van der Waals surface area contributed by atoms with Gasteiger partial charge in [0.05, 0.1) is 5.57 Å². The van der Waals surface area contributed by atoms with Crippen LogP contribution in [-0.4, -0.2) is 0 Å². The van der Waals surface area contributed by atoms with Gasteiger partial charge in [0.1, 0.15) is 6.07 Å². The topological polar surface area (TPSA) is 23.8 Å². The van der Waals surface area contributed by atoms with Crippen LogP contribution in [0.1, 0.15) is 78.3 Å². The van der Waals surface area contributed by atoms with E-state index in [2.05, 4.69) is 172 Å². The first kappa shape index (κ1) is 32.5. The first-order chi connectivity index (χ1) is 25.1. The summed E-state index contributed by atoms with van der Waals surface area (Å²) in [5, 5.41) is 10.9. The van der Waals surface area contributed by atoms with Crippen molar-refractivity contribution < 1.29 is 0 Å². The number of fused-ring (bicyclic) bond motifs is 3. The molecule has 0 aliphatic heterocycles. The average Bonchev–Trinajstić information content (AvgIpc) is 3.35. The van der Waals surface area contributed by atoms with Crippen LogP contribution in [0.2, 0.25) is 0 Å². The highest BCUT2D eigenvalue weighted by Gasteiger charge is 2.31. The number of rotatable bonds is 5. The molecule has 2 aliphatic rings. The Balaban J connectivity index is 1.15. The second-order valence-electron chi connectivity index (χ2n) is 14.3. The number of hydrogen-bond acceptors (Lipinski definition) is 1. The molecule has 0 amide bonds. The van der Waals surface area contributed by atoms with Crippen molar-refractivity contribution in [2.75, 3.05) is 0 Å². The number of allylic oxidation sites excluding steroid dienone is 4. The Labute approximate surface area is 303 Å². The van der Waals surface area contributed by atoms with Gasteiger partial charge in [0.15, 0.2) is 0 Å². The summed E-state index contributed by atoms with van der Waals surface area (Å²) in [5.41, 5.74) is 17.2. The summed E-state index contributed by atoms with van der Waals surface area (Å²) in [5.74, 6) is 0.827. The van der Waals surface area contributed by atoms with Crippen molar-refractivity contribution in [1.82, 2.24) is 0 Å². The molecule has 0 N–H and O–H groups in total. The fraction of sp³-hybridized carbons (Fsp3) is 0.180. The van der Waals surface area contributed by atoms with E-state index >= 15 is 0 Å². The summed E-state index contributed by atoms with van der Waals surface area (Å²) >= 11 is 0. The minimum atomic E-state index is 0.160. The highest BCUT2D eigenvalue weighted by atomic mass is 14.4. The van der Waals surface area contributed by atoms with E-state index in [9.17, 15) is 5.26 Å². The van der Waals surface area contributed by atoms with E-state index in [-0.39, 0.29) is 5.92 Å². The van der Waals surface area contributed by atoms with Crippen molar-refractivity contribution in [2.45, 2.75) is 51.4 Å². The van der Waals surface area contributed by atoms with Crippen LogP contribution in [0.15, 0.2) is 169 Å². The van der Waals surface area contributed by atoms with Gasteiger partial charge >= 0.3 is 0 Å². The summed E-state index contributed by atoms with van der Waals surface area (Å²) in [6.45, 7) is 4.54. The lowest BCUT2D eigenvalue weighted by atomic mass is 9.71. The first-order valence-electron chi connectivity index (χ1n) is 18.4. The number of hydrogen-bond donors (Lipinski definition) is 0. The SMILES string of the molecule is C/C1=C(c2ccccc2)\C(C#N)=C(\c2ccc(-c3ccc(C4CCc5ccccc5-c5ccccc54)cc3)cc2)C(C)C(c2ccccc2)CC1. The lowest BCUT2D eigenvalue weighted by Crippen LogP contribution is -2.16. The average molecular weight is 658 g/mol. The molecule has 1 heteroatoms. The van der Waals surface area contributed by atoms with Crippen molar-refractivity contribution >= 4 is 11.1 Å². The highest BCUT2D eigenvalue weighted by molar-refractivity contribution is 5.95. The fourth-order valence-corrected chi connectivity index (χ4v) is 8.80. The van der Waals surface area contributed by atoms with Crippen LogP contribution in [0.25, 0.3) is 33.4 Å². The van der Waals surface area contributed by atoms with E-state index < -0.39 is 0 Å². The monoisotopic (exact) mass is 657 g/mol. The van der Waals surface area contributed by atoms with Crippen LogP contribution in [0, 0.1) is 17.2 Å². The van der Waals surface area contributed by atoms with E-state index in [1.54, 1.807) is 0 Å². The van der Waals surface area contributed by atoms with Gasteiger partial charge in [0.25, 0.3) is 0 Å². The summed E-state index contributed by atoms with van der Waals surface area (Å²) < 4.78 is 0. The number of aryl methyl sites for hydroxylation is 1. The van der Waals surface area contributed by atoms with Gasteiger partial charge in [-0.1, -0.05) is 170 Å². The zero-order valence-corrected chi connectivity index (χ0v) is 29.5. The van der Waals surface area contributed by atoms with Crippen LogP contribution in [-0.2, 0) is 6.42 Å². The normalized spacial score (nSPS) is 21.7. The summed E-state index contributed by atoms with van der Waals surface area (Å²) in [6, 6.07) is 60.1. The lowest BCUT2D eigenvalue weighted by molar-refractivity contribution is 0.517. The minimum Gasteiger partial charge on any atom is -0.192 e. The van der Waals surface area contributed by atoms with E-state index in [1.165, 1.54) is 50.1 Å². The number of benzene rings is 6. The maximum absolute atomic E-state index is 10.9. The van der Waals surface area contributed by atoms with Crippen LogP contribution in [0.5, 0.6) is 0 Å². The molecule has 2 aliphatic carbocycles. The zero-order valence-electron chi connectivity index (χ0n) is 29.5. The van der Waals surface area contributed by atoms with Gasteiger partial charge in [-0.2, -0.15) is 5.26 Å². The van der Waals surface area contributed by atoms with Crippen molar-refractivity contribution in [3.8, 4) is 28.3 Å². The Kier molecular flexibility index (Phi) is 9.09. The standard InChI is InChI=1S/C50H43N/c1-34-21-31-43(38-13-5-3-6-14-38)35(2)50(48(33-51)49(34)41-16-7-4-8-17-41)42-28-24-37(25-29-42)36-22-26-40(27-23-36)45-32-30-39-15-9-10-18-44(39)46-19-11-12-20-47(45)46/h3-20,22-29,35,43,45H,21,30-32H2,1-2H3/b49-34+,50-48+. The summed E-state index contributed by atoms with van der Waals surface area (Å²) in [7, 11) is 0. The third kappa shape index (κ3) is 6.28. The Morgan fingerprint density at radius 1 is 0.529 bits per heavy atom. The van der Waals surface area contributed by atoms with Gasteiger partial charge in [-0.05, 0) is 111 Å². The minimum absolute atomic E-state index is 0.160. The first-order valence-corrected chi connectivity index (χ1v) is 18.4. The molecule has 0 fully saturated rings. The van der Waals surface area contributed by atoms with Crippen molar-refractivity contribution in [3.05, 3.63) is 202 Å². The highest BCUT2D eigenvalue weighted by Crippen LogP contribution is 2.47. The fourth-order valence-electron chi connectivity index (χ4n) is 8.80. The maximum atomic E-state index is 10.9. The van der Waals surface area contributed by atoms with E-state index in [0.29, 0.717) is 11.8 Å².